The Kier molecular flexibility index (Phi) is 6.31. The highest BCUT2D eigenvalue weighted by Crippen LogP contribution is 2.27. The number of carbonyl (C=O) groups excluding carboxylic acids is 1. The molecule has 40 heavy (non-hydrogen) atoms. The molecule has 0 atom stereocenters. The van der Waals surface area contributed by atoms with E-state index in [-0.39, 0.29) is 17.4 Å². The summed E-state index contributed by atoms with van der Waals surface area (Å²) < 4.78 is 3.10. The molecule has 0 saturated carbocycles. The van der Waals surface area contributed by atoms with Gasteiger partial charge in [-0.05, 0) is 49.1 Å². The van der Waals surface area contributed by atoms with Crippen molar-refractivity contribution < 1.29 is 4.79 Å². The summed E-state index contributed by atoms with van der Waals surface area (Å²) in [6, 6.07) is 26.9. The van der Waals surface area contributed by atoms with E-state index in [9.17, 15) is 9.59 Å². The number of hydrogen-bond donors (Lipinski definition) is 2. The lowest BCUT2D eigenvalue weighted by molar-refractivity contribution is -0.116. The smallest absolute Gasteiger partial charge is 0.263 e. The van der Waals surface area contributed by atoms with Gasteiger partial charge in [0.1, 0.15) is 11.2 Å². The zero-order valence-electron chi connectivity index (χ0n) is 22.3. The number of hydrogen-bond acceptors (Lipinski definition) is 5. The van der Waals surface area contributed by atoms with E-state index in [1.54, 1.807) is 10.7 Å². The Labute approximate surface area is 230 Å². The molecule has 9 heteroatoms. The first-order valence-corrected chi connectivity index (χ1v) is 12.9. The number of anilines is 1. The van der Waals surface area contributed by atoms with Crippen LogP contribution in [0.15, 0.2) is 95.9 Å². The van der Waals surface area contributed by atoms with Crippen LogP contribution in [0.25, 0.3) is 22.7 Å². The SMILES string of the molecule is Cc1cc(NC(=O)C(c2ccccc2)c2ccccc2)n(-c2nc3c(cnn3-c3cccc(C)c3C)c(=O)[nH]2)n1. The monoisotopic (exact) mass is 529 g/mol. The van der Waals surface area contributed by atoms with Crippen molar-refractivity contribution in [2.24, 2.45) is 0 Å². The molecule has 3 heterocycles. The summed E-state index contributed by atoms with van der Waals surface area (Å²) in [5.74, 6) is -0.225. The summed E-state index contributed by atoms with van der Waals surface area (Å²) in [6.07, 6.45) is 1.51. The maximum absolute atomic E-state index is 13.8. The maximum Gasteiger partial charge on any atom is 0.263 e. The number of nitrogens with one attached hydrogen (secondary N) is 2. The van der Waals surface area contributed by atoms with Crippen LogP contribution in [0, 0.1) is 20.8 Å². The zero-order chi connectivity index (χ0) is 27.8. The molecule has 1 amide bonds. The normalized spacial score (nSPS) is 11.3. The predicted molar refractivity (Wildman–Crippen MR) is 154 cm³/mol. The number of amides is 1. The van der Waals surface area contributed by atoms with E-state index in [1.165, 1.54) is 10.9 Å². The fourth-order valence-electron chi connectivity index (χ4n) is 4.88. The van der Waals surface area contributed by atoms with Crippen molar-refractivity contribution in [3.63, 3.8) is 0 Å². The van der Waals surface area contributed by atoms with Crippen LogP contribution < -0.4 is 10.9 Å². The van der Waals surface area contributed by atoms with Gasteiger partial charge in [-0.25, -0.2) is 4.68 Å². The molecule has 3 aromatic heterocycles. The second-order valence-corrected chi connectivity index (χ2v) is 9.73. The second kappa shape index (κ2) is 10.1. The first-order chi connectivity index (χ1) is 19.4. The highest BCUT2D eigenvalue weighted by atomic mass is 16.2. The van der Waals surface area contributed by atoms with Crippen LogP contribution in [0.3, 0.4) is 0 Å². The third kappa shape index (κ3) is 4.47. The van der Waals surface area contributed by atoms with E-state index in [0.717, 1.165) is 27.9 Å². The van der Waals surface area contributed by atoms with Crippen molar-refractivity contribution in [2.45, 2.75) is 26.7 Å². The van der Waals surface area contributed by atoms with Crippen LogP contribution in [-0.2, 0) is 4.79 Å². The average Bonchev–Trinajstić information content (AvgIpc) is 3.55. The number of rotatable bonds is 6. The summed E-state index contributed by atoms with van der Waals surface area (Å²) in [6.45, 7) is 5.84. The molecule has 0 spiro atoms. The van der Waals surface area contributed by atoms with Crippen LogP contribution in [0.5, 0.6) is 0 Å². The minimum atomic E-state index is -0.550. The molecule has 0 saturated heterocycles. The molecule has 0 unspecified atom stereocenters. The Morgan fingerprint density at radius 3 is 2.23 bits per heavy atom. The molecular weight excluding hydrogens is 502 g/mol. The molecule has 0 radical (unpaired) electrons. The quantitative estimate of drug-likeness (QED) is 0.316. The Morgan fingerprint density at radius 1 is 0.875 bits per heavy atom. The second-order valence-electron chi connectivity index (χ2n) is 9.73. The van der Waals surface area contributed by atoms with E-state index in [1.807, 2.05) is 99.6 Å². The van der Waals surface area contributed by atoms with Gasteiger partial charge in [-0.15, -0.1) is 0 Å². The van der Waals surface area contributed by atoms with Gasteiger partial charge >= 0.3 is 0 Å². The largest absolute Gasteiger partial charge is 0.310 e. The lowest BCUT2D eigenvalue weighted by Crippen LogP contribution is -2.24. The van der Waals surface area contributed by atoms with Crippen LogP contribution in [-0.4, -0.2) is 35.4 Å². The summed E-state index contributed by atoms with van der Waals surface area (Å²) in [4.78, 5) is 34.5. The van der Waals surface area contributed by atoms with Gasteiger partial charge in [-0.1, -0.05) is 72.8 Å². The molecule has 6 rings (SSSR count). The van der Waals surface area contributed by atoms with Crippen LogP contribution in [0.4, 0.5) is 5.82 Å². The third-order valence-electron chi connectivity index (χ3n) is 7.04. The van der Waals surface area contributed by atoms with Gasteiger partial charge in [-0.3, -0.25) is 14.6 Å². The van der Waals surface area contributed by atoms with E-state index >= 15 is 0 Å². The van der Waals surface area contributed by atoms with E-state index in [2.05, 4.69) is 20.5 Å². The predicted octanol–water partition coefficient (Wildman–Crippen LogP) is 4.99. The molecule has 6 aromatic rings. The third-order valence-corrected chi connectivity index (χ3v) is 7.04. The molecule has 2 N–H and O–H groups in total. The minimum absolute atomic E-state index is 0.170. The fraction of sp³-hybridized carbons (Fsp3) is 0.129. The summed E-state index contributed by atoms with van der Waals surface area (Å²) >= 11 is 0. The maximum atomic E-state index is 13.8. The molecule has 0 aliphatic heterocycles. The molecule has 3 aromatic carbocycles. The number of aromatic nitrogens is 6. The fourth-order valence-corrected chi connectivity index (χ4v) is 4.88. The molecule has 9 nitrogen and oxygen atoms in total. The van der Waals surface area contributed by atoms with E-state index in [0.29, 0.717) is 22.5 Å². The van der Waals surface area contributed by atoms with Gasteiger partial charge in [0.15, 0.2) is 5.65 Å². The van der Waals surface area contributed by atoms with Gasteiger partial charge < -0.3 is 5.32 Å². The lowest BCUT2D eigenvalue weighted by atomic mass is 9.90. The minimum Gasteiger partial charge on any atom is -0.310 e. The molecular formula is C31H27N7O2. The van der Waals surface area contributed by atoms with Crippen molar-refractivity contribution in [1.82, 2.24) is 29.5 Å². The zero-order valence-corrected chi connectivity index (χ0v) is 22.3. The van der Waals surface area contributed by atoms with Crippen LogP contribution in [0.2, 0.25) is 0 Å². The Morgan fingerprint density at radius 2 is 1.55 bits per heavy atom. The molecule has 0 aliphatic carbocycles. The van der Waals surface area contributed by atoms with Gasteiger partial charge in [0, 0.05) is 6.07 Å². The number of carbonyl (C=O) groups is 1. The lowest BCUT2D eigenvalue weighted by Gasteiger charge is -2.18. The Bertz CT molecular complexity index is 1860. The number of aromatic amines is 1. The first-order valence-electron chi connectivity index (χ1n) is 12.9. The number of H-pyrrole nitrogens is 1. The van der Waals surface area contributed by atoms with Gasteiger partial charge in [0.2, 0.25) is 11.9 Å². The van der Waals surface area contributed by atoms with Crippen molar-refractivity contribution in [1.29, 1.82) is 0 Å². The van der Waals surface area contributed by atoms with Crippen molar-refractivity contribution in [2.75, 3.05) is 5.32 Å². The van der Waals surface area contributed by atoms with Crippen LogP contribution in [0.1, 0.15) is 33.9 Å². The molecule has 0 aliphatic rings. The summed E-state index contributed by atoms with van der Waals surface area (Å²) in [5.41, 5.74) is 5.38. The van der Waals surface area contributed by atoms with Gasteiger partial charge in [0.05, 0.1) is 23.5 Å². The van der Waals surface area contributed by atoms with Crippen molar-refractivity contribution in [3.05, 3.63) is 129 Å². The number of benzene rings is 3. The van der Waals surface area contributed by atoms with E-state index in [4.69, 9.17) is 4.98 Å². The average molecular weight is 530 g/mol. The summed E-state index contributed by atoms with van der Waals surface area (Å²) in [5, 5.41) is 12.4. The molecule has 0 bridgehead atoms. The Balaban J connectivity index is 1.43. The number of aryl methyl sites for hydroxylation is 2. The Hall–Kier alpha value is -5.31. The van der Waals surface area contributed by atoms with Gasteiger partial charge in [0.25, 0.3) is 5.56 Å². The topological polar surface area (TPSA) is 110 Å². The van der Waals surface area contributed by atoms with Gasteiger partial charge in [-0.2, -0.15) is 19.9 Å². The van der Waals surface area contributed by atoms with Crippen LogP contribution >= 0.6 is 0 Å². The standard InChI is InChI=1S/C31H27N7O2/c1-19-11-10-16-25(21(19)3)37-28-24(18-32-37)29(39)35-31(34-28)38-26(17-20(2)36-38)33-30(40)27(22-12-6-4-7-13-22)23-14-8-5-9-15-23/h4-18,27H,1-3H3,(H,33,40)(H,34,35,39). The summed E-state index contributed by atoms with van der Waals surface area (Å²) in [7, 11) is 0. The highest BCUT2D eigenvalue weighted by molar-refractivity contribution is 5.97. The molecule has 198 valence electrons. The van der Waals surface area contributed by atoms with Crippen molar-refractivity contribution in [3.8, 4) is 11.6 Å². The van der Waals surface area contributed by atoms with Crippen molar-refractivity contribution >= 4 is 22.8 Å². The number of fused-ring (bicyclic) bond motifs is 1. The highest BCUT2D eigenvalue weighted by Gasteiger charge is 2.25. The first kappa shape index (κ1) is 25.0. The number of nitrogens with zero attached hydrogens (tertiary/aromatic N) is 5. The van der Waals surface area contributed by atoms with E-state index < -0.39 is 5.92 Å². The molecule has 0 fully saturated rings.